The molecule has 6 rings (SSSR count). The number of piperidine rings is 1. The van der Waals surface area contributed by atoms with Crippen molar-refractivity contribution in [1.29, 1.82) is 5.26 Å². The third-order valence-electron chi connectivity index (χ3n) is 8.68. The fourth-order valence-electron chi connectivity index (χ4n) is 6.18. The van der Waals surface area contributed by atoms with Gasteiger partial charge in [-0.2, -0.15) is 5.26 Å². The van der Waals surface area contributed by atoms with Gasteiger partial charge in [0.05, 0.1) is 16.9 Å². The van der Waals surface area contributed by atoms with Gasteiger partial charge < -0.3 is 25.2 Å². The minimum absolute atomic E-state index is 0.0447. The van der Waals surface area contributed by atoms with Crippen LogP contribution in [0.3, 0.4) is 0 Å². The fourth-order valence-corrected chi connectivity index (χ4v) is 6.43. The number of likely N-dealkylation sites (tertiary alicyclic amines) is 1. The molecule has 13 heteroatoms. The predicted molar refractivity (Wildman–Crippen MR) is 172 cm³/mol. The molecule has 11 nitrogen and oxygen atoms in total. The second kappa shape index (κ2) is 13.3. The van der Waals surface area contributed by atoms with Crippen molar-refractivity contribution in [3.63, 3.8) is 0 Å². The Morgan fingerprint density at radius 2 is 2.00 bits per heavy atom. The van der Waals surface area contributed by atoms with E-state index in [9.17, 15) is 14.0 Å². The van der Waals surface area contributed by atoms with Crippen molar-refractivity contribution in [1.82, 2.24) is 29.5 Å². The molecule has 2 N–H and O–H groups in total. The molecular formula is C33H34ClFN8O3. The topological polar surface area (TPSA) is 128 Å². The molecule has 2 amide bonds. The van der Waals surface area contributed by atoms with Crippen LogP contribution in [0, 0.1) is 30.0 Å². The van der Waals surface area contributed by atoms with Crippen molar-refractivity contribution in [3.05, 3.63) is 70.9 Å². The van der Waals surface area contributed by atoms with Gasteiger partial charge in [-0.25, -0.2) is 14.4 Å². The van der Waals surface area contributed by atoms with Crippen molar-refractivity contribution in [2.75, 3.05) is 44.6 Å². The first-order chi connectivity index (χ1) is 22.3. The minimum atomic E-state index is -0.760. The van der Waals surface area contributed by atoms with Crippen LogP contribution in [0.15, 0.2) is 48.9 Å². The van der Waals surface area contributed by atoms with Crippen LogP contribution in [0.25, 0.3) is 16.9 Å². The Morgan fingerprint density at radius 1 is 1.20 bits per heavy atom. The molecule has 2 aromatic heterocycles. The van der Waals surface area contributed by atoms with Crippen molar-refractivity contribution in [2.45, 2.75) is 32.7 Å². The number of amides is 2. The first-order valence-corrected chi connectivity index (χ1v) is 15.6. The monoisotopic (exact) mass is 644 g/mol. The maximum absolute atomic E-state index is 14.9. The number of hydrogen-bond acceptors (Lipinski definition) is 8. The number of imidazole rings is 1. The molecule has 2 fully saturated rings. The second-order valence-electron chi connectivity index (χ2n) is 11.6. The fraction of sp³-hybridized carbons (Fsp3) is 0.364. The molecule has 2 aliphatic rings. The van der Waals surface area contributed by atoms with Gasteiger partial charge in [0, 0.05) is 73.9 Å². The molecule has 0 bridgehead atoms. The van der Waals surface area contributed by atoms with Crippen LogP contribution >= 0.6 is 11.6 Å². The lowest BCUT2D eigenvalue weighted by molar-refractivity contribution is -0.139. The Bertz CT molecular complexity index is 1830. The molecule has 238 valence electrons. The van der Waals surface area contributed by atoms with Gasteiger partial charge in [0.25, 0.3) is 5.91 Å². The van der Waals surface area contributed by atoms with Crippen molar-refractivity contribution >= 4 is 40.6 Å². The smallest absolute Gasteiger partial charge is 0.254 e. The molecule has 0 saturated carbocycles. The molecular weight excluding hydrogens is 611 g/mol. The van der Waals surface area contributed by atoms with Gasteiger partial charge in [0.15, 0.2) is 29.6 Å². The Kier molecular flexibility index (Phi) is 9.05. The number of piperazine rings is 1. The number of ether oxygens (including phenoxy) is 1. The van der Waals surface area contributed by atoms with E-state index < -0.39 is 5.82 Å². The number of fused-ring (bicyclic) bond motifs is 1. The van der Waals surface area contributed by atoms with E-state index in [2.05, 4.69) is 27.5 Å². The second-order valence-corrected chi connectivity index (χ2v) is 12.0. The number of aromatic nitrogens is 3. The van der Waals surface area contributed by atoms with E-state index in [4.69, 9.17) is 21.6 Å². The van der Waals surface area contributed by atoms with Gasteiger partial charge in [0.2, 0.25) is 5.91 Å². The summed E-state index contributed by atoms with van der Waals surface area (Å²) in [5, 5.41) is 15.2. The van der Waals surface area contributed by atoms with Crippen LogP contribution in [0.4, 0.5) is 15.9 Å². The number of nitriles is 1. The van der Waals surface area contributed by atoms with Crippen molar-refractivity contribution < 1.29 is 18.7 Å². The normalized spacial score (nSPS) is 17.2. The summed E-state index contributed by atoms with van der Waals surface area (Å²) in [7, 11) is 0. The van der Waals surface area contributed by atoms with Gasteiger partial charge in [-0.3, -0.25) is 14.0 Å². The van der Waals surface area contributed by atoms with E-state index in [1.165, 1.54) is 6.07 Å². The number of benzene rings is 2. The van der Waals surface area contributed by atoms with Crippen LogP contribution in [-0.4, -0.2) is 81.4 Å². The lowest BCUT2D eigenvalue weighted by Gasteiger charge is -2.39. The highest BCUT2D eigenvalue weighted by Gasteiger charge is 2.33. The van der Waals surface area contributed by atoms with E-state index in [0.717, 1.165) is 30.9 Å². The number of nitrogens with zero attached hydrogens (tertiary/aromatic N) is 6. The summed E-state index contributed by atoms with van der Waals surface area (Å²) in [5.74, 6) is -0.292. The zero-order valence-electron chi connectivity index (χ0n) is 25.6. The molecule has 0 unspecified atom stereocenters. The average molecular weight is 645 g/mol. The van der Waals surface area contributed by atoms with Crippen molar-refractivity contribution in [2.24, 2.45) is 5.92 Å². The predicted octanol–water partition coefficient (Wildman–Crippen LogP) is 4.82. The Morgan fingerprint density at radius 3 is 2.74 bits per heavy atom. The van der Waals surface area contributed by atoms with E-state index in [1.54, 1.807) is 41.2 Å². The molecule has 4 aromatic rings. The third kappa shape index (κ3) is 6.08. The summed E-state index contributed by atoms with van der Waals surface area (Å²) in [6.45, 7) is 7.12. The van der Waals surface area contributed by atoms with Gasteiger partial charge in [-0.05, 0) is 62.6 Å². The Hall–Kier alpha value is -4.73. The lowest BCUT2D eigenvalue weighted by atomic mass is 9.93. The van der Waals surface area contributed by atoms with Crippen LogP contribution in [0.1, 0.15) is 35.7 Å². The van der Waals surface area contributed by atoms with Gasteiger partial charge in [0.1, 0.15) is 6.07 Å². The Balaban J connectivity index is 1.14. The quantitative estimate of drug-likeness (QED) is 0.293. The molecule has 0 spiro atoms. The SMILES string of the molecule is Cc1cc(Nc2nccn3c(-c4ccc(OCC#N)c(F)c4Cl)cnc23)ccc1C(=O)N1CCC(C(=O)N2CCNC[C@H]2C)CC1. The molecule has 1 atom stereocenters. The number of halogens is 2. The molecule has 2 saturated heterocycles. The summed E-state index contributed by atoms with van der Waals surface area (Å²) < 4.78 is 21.7. The van der Waals surface area contributed by atoms with E-state index in [-0.39, 0.29) is 41.2 Å². The van der Waals surface area contributed by atoms with Gasteiger partial charge in [-0.1, -0.05) is 11.6 Å². The summed E-state index contributed by atoms with van der Waals surface area (Å²) >= 11 is 6.35. The number of anilines is 2. The number of aryl methyl sites for hydroxylation is 1. The van der Waals surface area contributed by atoms with E-state index >= 15 is 0 Å². The molecule has 2 aromatic carbocycles. The number of nitrogens with one attached hydrogen (secondary N) is 2. The van der Waals surface area contributed by atoms with Crippen LogP contribution in [0.2, 0.25) is 5.02 Å². The van der Waals surface area contributed by atoms with Gasteiger partial charge in [-0.15, -0.1) is 0 Å². The van der Waals surface area contributed by atoms with Crippen LogP contribution in [0.5, 0.6) is 5.75 Å². The lowest BCUT2D eigenvalue weighted by Crippen LogP contribution is -2.55. The van der Waals surface area contributed by atoms with Crippen LogP contribution in [-0.2, 0) is 4.79 Å². The van der Waals surface area contributed by atoms with E-state index in [0.29, 0.717) is 54.2 Å². The molecule has 0 radical (unpaired) electrons. The Labute approximate surface area is 270 Å². The highest BCUT2D eigenvalue weighted by Crippen LogP contribution is 2.36. The summed E-state index contributed by atoms with van der Waals surface area (Å²) in [6, 6.07) is 10.5. The summed E-state index contributed by atoms with van der Waals surface area (Å²) in [5.41, 5.74) is 3.57. The third-order valence-corrected chi connectivity index (χ3v) is 9.05. The maximum atomic E-state index is 14.9. The number of carbonyl (C=O) groups is 2. The summed E-state index contributed by atoms with van der Waals surface area (Å²) in [6.07, 6.45) is 6.20. The molecule has 46 heavy (non-hydrogen) atoms. The maximum Gasteiger partial charge on any atom is 0.254 e. The molecule has 2 aliphatic heterocycles. The molecule has 4 heterocycles. The first kappa shape index (κ1) is 31.3. The standard InChI is InChI=1S/C33H34ClFN8O3/c1-20-17-23(3-4-24(20)33(45)41-12-7-22(8-13-41)32(44)42-14-10-37-18-21(42)2)40-30-31-39-19-26(43(31)15-11-38-30)25-5-6-27(46-16-9-36)29(35)28(25)34/h3-6,11,15,17,19,21-22,37H,7-8,10,12-14,16,18H2,1-2H3,(H,38,40)/t21-/m1/s1. The highest BCUT2D eigenvalue weighted by atomic mass is 35.5. The van der Waals surface area contributed by atoms with Crippen molar-refractivity contribution in [3.8, 4) is 23.1 Å². The minimum Gasteiger partial charge on any atom is -0.476 e. The van der Waals surface area contributed by atoms with Crippen LogP contribution < -0.4 is 15.4 Å². The number of carbonyl (C=O) groups excluding carboxylic acids is 2. The number of rotatable bonds is 7. The summed E-state index contributed by atoms with van der Waals surface area (Å²) in [4.78, 5) is 39.4. The zero-order chi connectivity index (χ0) is 32.4. The van der Waals surface area contributed by atoms with E-state index in [1.807, 2.05) is 28.9 Å². The largest absolute Gasteiger partial charge is 0.476 e. The first-order valence-electron chi connectivity index (χ1n) is 15.2. The highest BCUT2D eigenvalue weighted by molar-refractivity contribution is 6.33. The molecule has 0 aliphatic carbocycles. The van der Waals surface area contributed by atoms with Gasteiger partial charge >= 0.3 is 0 Å². The zero-order valence-corrected chi connectivity index (χ0v) is 26.4. The number of hydrogen-bond donors (Lipinski definition) is 2. The average Bonchev–Trinajstić information content (AvgIpc) is 3.50.